The summed E-state index contributed by atoms with van der Waals surface area (Å²) >= 11 is 0. The summed E-state index contributed by atoms with van der Waals surface area (Å²) in [5, 5.41) is 31.8. The average Bonchev–Trinajstić information content (AvgIpc) is 2.72. The highest BCUT2D eigenvalue weighted by Gasteiger charge is 2.44. The fourth-order valence-electron chi connectivity index (χ4n) is 2.37. The fourth-order valence-corrected chi connectivity index (χ4v) is 2.37. The maximum absolute atomic E-state index is 12.0. The molecule has 1 aliphatic rings. The van der Waals surface area contributed by atoms with Crippen LogP contribution in [0.3, 0.4) is 0 Å². The summed E-state index contributed by atoms with van der Waals surface area (Å²) in [5.41, 5.74) is -0.912. The Kier molecular flexibility index (Phi) is 4.91. The van der Waals surface area contributed by atoms with Gasteiger partial charge >= 0.3 is 5.69 Å². The number of ether oxygens (including phenoxy) is 1. The maximum atomic E-state index is 12.0. The molecule has 1 aromatic rings. The van der Waals surface area contributed by atoms with Crippen LogP contribution in [0.2, 0.25) is 0 Å². The molecule has 0 unspecified atom stereocenters. The Bertz CT molecular complexity index is 597. The maximum Gasteiger partial charge on any atom is 0.330 e. The summed E-state index contributed by atoms with van der Waals surface area (Å²) in [6.45, 7) is 0.0242. The lowest BCUT2D eigenvalue weighted by molar-refractivity contribution is -0.0562. The van der Waals surface area contributed by atoms with Crippen LogP contribution in [0.4, 0.5) is 0 Å². The predicted octanol–water partition coefficient (Wildman–Crippen LogP) is -3.09. The van der Waals surface area contributed by atoms with Crippen molar-refractivity contribution in [1.29, 1.82) is 0 Å². The third kappa shape index (κ3) is 3.06. The largest absolute Gasteiger partial charge is 0.394 e. The van der Waals surface area contributed by atoms with Crippen LogP contribution in [0.25, 0.3) is 0 Å². The summed E-state index contributed by atoms with van der Waals surface area (Å²) < 4.78 is 6.43. The molecule has 1 saturated heterocycles. The Labute approximate surface area is 119 Å². The molecule has 0 aromatic carbocycles. The van der Waals surface area contributed by atoms with Gasteiger partial charge in [0.1, 0.15) is 18.3 Å². The van der Waals surface area contributed by atoms with Gasteiger partial charge in [-0.25, -0.2) is 4.79 Å². The van der Waals surface area contributed by atoms with E-state index in [1.165, 1.54) is 6.07 Å². The zero-order valence-electron chi connectivity index (χ0n) is 11.5. The fraction of sp³-hybridized carbons (Fsp3) is 0.667. The van der Waals surface area contributed by atoms with Crippen molar-refractivity contribution in [2.24, 2.45) is 0 Å². The number of aliphatic hydroxyl groups excluding tert-OH is 3. The Morgan fingerprint density at radius 1 is 1.38 bits per heavy atom. The molecule has 0 amide bonds. The van der Waals surface area contributed by atoms with E-state index in [9.17, 15) is 19.8 Å². The Morgan fingerprint density at radius 2 is 2.10 bits per heavy atom. The Balaban J connectivity index is 2.43. The van der Waals surface area contributed by atoms with Crippen molar-refractivity contribution in [2.75, 3.05) is 20.2 Å². The van der Waals surface area contributed by atoms with Gasteiger partial charge < -0.3 is 25.4 Å². The summed E-state index contributed by atoms with van der Waals surface area (Å²) in [7, 11) is 1.72. The Hall–Kier alpha value is -1.52. The van der Waals surface area contributed by atoms with Gasteiger partial charge in [-0.15, -0.1) is 0 Å². The Morgan fingerprint density at radius 3 is 2.67 bits per heavy atom. The molecule has 9 heteroatoms. The second-order valence-electron chi connectivity index (χ2n) is 4.88. The van der Waals surface area contributed by atoms with E-state index in [1.54, 1.807) is 7.05 Å². The van der Waals surface area contributed by atoms with E-state index < -0.39 is 42.4 Å². The molecular weight excluding hydrogens is 282 g/mol. The zero-order valence-corrected chi connectivity index (χ0v) is 11.5. The highest BCUT2D eigenvalue weighted by Crippen LogP contribution is 2.28. The van der Waals surface area contributed by atoms with Crippen LogP contribution in [0, 0.1) is 0 Å². The first-order valence-corrected chi connectivity index (χ1v) is 6.61. The van der Waals surface area contributed by atoms with E-state index in [4.69, 9.17) is 9.84 Å². The van der Waals surface area contributed by atoms with Gasteiger partial charge in [-0.3, -0.25) is 14.3 Å². The lowest BCUT2D eigenvalue weighted by atomic mass is 10.1. The number of hydrogen-bond acceptors (Lipinski definition) is 7. The first-order chi connectivity index (χ1) is 9.99. The van der Waals surface area contributed by atoms with Crippen LogP contribution >= 0.6 is 0 Å². The molecular formula is C12H19N3O6. The van der Waals surface area contributed by atoms with Crippen molar-refractivity contribution in [3.63, 3.8) is 0 Å². The van der Waals surface area contributed by atoms with Gasteiger partial charge in [-0.2, -0.15) is 0 Å². The number of nitrogens with one attached hydrogen (secondary N) is 2. The van der Waals surface area contributed by atoms with Gasteiger partial charge in [-0.05, 0) is 7.05 Å². The molecule has 21 heavy (non-hydrogen) atoms. The van der Waals surface area contributed by atoms with Crippen molar-refractivity contribution in [1.82, 2.24) is 14.9 Å². The summed E-state index contributed by atoms with van der Waals surface area (Å²) in [6.07, 6.45) is -4.47. The van der Waals surface area contributed by atoms with Crippen molar-refractivity contribution in [3.05, 3.63) is 32.6 Å². The van der Waals surface area contributed by atoms with Crippen LogP contribution in [0.1, 0.15) is 11.9 Å². The number of nitrogens with zero attached hydrogens (tertiary/aromatic N) is 1. The highest BCUT2D eigenvalue weighted by molar-refractivity contribution is 5.05. The average molecular weight is 301 g/mol. The molecule has 1 aliphatic heterocycles. The molecule has 0 radical (unpaired) electrons. The van der Waals surface area contributed by atoms with Crippen LogP contribution in [0.15, 0.2) is 15.7 Å². The second-order valence-corrected chi connectivity index (χ2v) is 4.88. The van der Waals surface area contributed by atoms with E-state index in [0.29, 0.717) is 18.7 Å². The monoisotopic (exact) mass is 301 g/mol. The summed E-state index contributed by atoms with van der Waals surface area (Å²) in [4.78, 5) is 25.5. The lowest BCUT2D eigenvalue weighted by Gasteiger charge is -2.20. The molecule has 1 fully saturated rings. The van der Waals surface area contributed by atoms with Crippen molar-refractivity contribution in [2.45, 2.75) is 31.0 Å². The van der Waals surface area contributed by atoms with E-state index in [-0.39, 0.29) is 0 Å². The first kappa shape index (κ1) is 15.9. The second kappa shape index (κ2) is 6.50. The highest BCUT2D eigenvalue weighted by atomic mass is 16.6. The number of hydrogen-bond donors (Lipinski definition) is 5. The van der Waals surface area contributed by atoms with Gasteiger partial charge in [0.05, 0.1) is 6.61 Å². The third-order valence-electron chi connectivity index (χ3n) is 3.46. The third-order valence-corrected chi connectivity index (χ3v) is 3.46. The van der Waals surface area contributed by atoms with Gasteiger partial charge in [0.25, 0.3) is 5.56 Å². The van der Waals surface area contributed by atoms with E-state index in [1.807, 2.05) is 0 Å². The van der Waals surface area contributed by atoms with Gasteiger partial charge in [0.2, 0.25) is 0 Å². The molecule has 1 aromatic heterocycles. The van der Waals surface area contributed by atoms with E-state index in [2.05, 4.69) is 10.3 Å². The minimum Gasteiger partial charge on any atom is -0.394 e. The number of aliphatic hydroxyl groups is 3. The number of aromatic amines is 1. The van der Waals surface area contributed by atoms with Gasteiger partial charge in [0.15, 0.2) is 6.23 Å². The molecule has 9 nitrogen and oxygen atoms in total. The lowest BCUT2D eigenvalue weighted by Crippen LogP contribution is -2.40. The van der Waals surface area contributed by atoms with Crippen LogP contribution in [0.5, 0.6) is 0 Å². The van der Waals surface area contributed by atoms with Gasteiger partial charge in [-0.1, -0.05) is 0 Å². The molecule has 2 heterocycles. The smallest absolute Gasteiger partial charge is 0.330 e. The topological polar surface area (TPSA) is 137 Å². The molecule has 0 saturated carbocycles. The molecule has 118 valence electrons. The number of rotatable bonds is 5. The summed E-state index contributed by atoms with van der Waals surface area (Å²) in [6, 6.07) is 1.24. The van der Waals surface area contributed by atoms with Crippen molar-refractivity contribution >= 4 is 0 Å². The quantitative estimate of drug-likeness (QED) is 0.389. The van der Waals surface area contributed by atoms with Crippen LogP contribution < -0.4 is 16.6 Å². The molecule has 0 bridgehead atoms. The molecule has 5 N–H and O–H groups in total. The summed E-state index contributed by atoms with van der Waals surface area (Å²) in [5.74, 6) is 0. The molecule has 2 rings (SSSR count). The van der Waals surface area contributed by atoms with E-state index in [0.717, 1.165) is 4.57 Å². The minimum absolute atomic E-state index is 0.363. The normalized spacial score (nSPS) is 29.0. The number of aromatic nitrogens is 2. The minimum atomic E-state index is -1.38. The predicted molar refractivity (Wildman–Crippen MR) is 72.0 cm³/mol. The van der Waals surface area contributed by atoms with Crippen LogP contribution in [-0.4, -0.2) is 63.4 Å². The van der Waals surface area contributed by atoms with Crippen molar-refractivity contribution in [3.8, 4) is 0 Å². The zero-order chi connectivity index (χ0) is 15.6. The SMILES string of the molecule is CNCCc1cc(=O)[nH]c(=O)n1[C@@H]1O[C@H](CO)[C@@H](O)[C@H]1O. The van der Waals surface area contributed by atoms with Gasteiger partial charge in [0, 0.05) is 24.7 Å². The molecule has 0 aliphatic carbocycles. The van der Waals surface area contributed by atoms with E-state index >= 15 is 0 Å². The number of H-pyrrole nitrogens is 1. The molecule has 4 atom stereocenters. The molecule has 0 spiro atoms. The number of likely N-dealkylation sites (N-methyl/N-ethyl adjacent to an activating group) is 1. The van der Waals surface area contributed by atoms with Crippen LogP contribution in [-0.2, 0) is 11.2 Å². The first-order valence-electron chi connectivity index (χ1n) is 6.61. The standard InChI is InChI=1S/C12H19N3O6/c1-13-3-2-6-4-8(17)14-12(20)15(6)11-10(19)9(18)7(5-16)21-11/h4,7,9-11,13,16,18-19H,2-3,5H2,1H3,(H,14,17,20)/t7-,9-,10-,11-/m1/s1. The van der Waals surface area contributed by atoms with Crippen molar-refractivity contribution < 1.29 is 20.1 Å².